The fourth-order valence-electron chi connectivity index (χ4n) is 1.45. The van der Waals surface area contributed by atoms with E-state index in [1.165, 1.54) is 24.3 Å². The Kier molecular flexibility index (Phi) is 4.65. The lowest BCUT2D eigenvalue weighted by Gasteiger charge is -2.05. The normalized spacial score (nSPS) is 10.2. The molecule has 0 fully saturated rings. The highest BCUT2D eigenvalue weighted by atomic mass is 35.5. The molecule has 2 aromatic rings. The van der Waals surface area contributed by atoms with Crippen molar-refractivity contribution in [1.82, 2.24) is 0 Å². The second-order valence-corrected chi connectivity index (χ2v) is 4.99. The Morgan fingerprint density at radius 2 is 1.30 bits per heavy atom. The van der Waals surface area contributed by atoms with Crippen molar-refractivity contribution in [2.24, 2.45) is 0 Å². The van der Waals surface area contributed by atoms with E-state index in [9.17, 15) is 9.59 Å². The summed E-state index contributed by atoms with van der Waals surface area (Å²) in [6.45, 7) is 0. The maximum Gasteiger partial charge on any atom is 0.346 e. The summed E-state index contributed by atoms with van der Waals surface area (Å²) >= 11 is 17.4. The zero-order valence-electron chi connectivity index (χ0n) is 9.90. The Bertz CT molecular complexity index is 646. The van der Waals surface area contributed by atoms with Gasteiger partial charge in [-0.15, -0.1) is 0 Å². The van der Waals surface area contributed by atoms with Crippen LogP contribution >= 0.6 is 34.8 Å². The van der Waals surface area contributed by atoms with E-state index in [-0.39, 0.29) is 26.2 Å². The summed E-state index contributed by atoms with van der Waals surface area (Å²) in [6, 6.07) is 10.7. The number of hydrogen-bond donors (Lipinski definition) is 0. The highest BCUT2D eigenvalue weighted by Gasteiger charge is 2.17. The minimum atomic E-state index is -0.848. The maximum absolute atomic E-state index is 11.8. The molecular weight excluding hydrogens is 323 g/mol. The molecule has 102 valence electrons. The van der Waals surface area contributed by atoms with Crippen molar-refractivity contribution in [3.8, 4) is 0 Å². The smallest absolute Gasteiger partial charge is 0.346 e. The zero-order chi connectivity index (χ0) is 14.7. The third-order valence-electron chi connectivity index (χ3n) is 2.41. The minimum absolute atomic E-state index is 0.0497. The molecule has 0 radical (unpaired) electrons. The molecule has 0 aliphatic rings. The van der Waals surface area contributed by atoms with Crippen LogP contribution in [0.3, 0.4) is 0 Å². The number of carbonyl (C=O) groups is 2. The first-order valence-corrected chi connectivity index (χ1v) is 6.58. The van der Waals surface area contributed by atoms with Gasteiger partial charge in [0.05, 0.1) is 26.2 Å². The van der Waals surface area contributed by atoms with Gasteiger partial charge in [0.1, 0.15) is 0 Å². The Labute approximate surface area is 130 Å². The molecule has 0 saturated carbocycles. The number of benzene rings is 2. The molecule has 0 unspecified atom stereocenters. The molecule has 0 heterocycles. The maximum atomic E-state index is 11.8. The van der Waals surface area contributed by atoms with Gasteiger partial charge in [-0.05, 0) is 24.3 Å². The van der Waals surface area contributed by atoms with Crippen LogP contribution in [0.4, 0.5) is 0 Å². The van der Waals surface area contributed by atoms with Crippen molar-refractivity contribution >= 4 is 46.7 Å². The van der Waals surface area contributed by atoms with Crippen molar-refractivity contribution < 1.29 is 14.3 Å². The number of halogens is 3. The lowest BCUT2D eigenvalue weighted by atomic mass is 10.2. The van der Waals surface area contributed by atoms with Crippen LogP contribution in [-0.2, 0) is 4.74 Å². The van der Waals surface area contributed by atoms with Crippen LogP contribution in [0.2, 0.25) is 15.1 Å². The highest BCUT2D eigenvalue weighted by molar-refractivity contribution is 6.48. The topological polar surface area (TPSA) is 43.4 Å². The molecular formula is C14H7Cl3O3. The third kappa shape index (κ3) is 3.31. The molecule has 0 bridgehead atoms. The Morgan fingerprint density at radius 3 is 1.85 bits per heavy atom. The average Bonchev–Trinajstić information content (AvgIpc) is 2.45. The van der Waals surface area contributed by atoms with Crippen LogP contribution in [-0.4, -0.2) is 11.9 Å². The highest BCUT2D eigenvalue weighted by Crippen LogP contribution is 2.31. The summed E-state index contributed by atoms with van der Waals surface area (Å²) in [6.07, 6.45) is 0. The van der Waals surface area contributed by atoms with Crippen LogP contribution in [0.25, 0.3) is 0 Å². The van der Waals surface area contributed by atoms with Gasteiger partial charge in [0.2, 0.25) is 0 Å². The zero-order valence-corrected chi connectivity index (χ0v) is 12.2. The van der Waals surface area contributed by atoms with Crippen LogP contribution in [0.5, 0.6) is 0 Å². The molecule has 2 rings (SSSR count). The van der Waals surface area contributed by atoms with Gasteiger partial charge in [-0.1, -0.05) is 53.0 Å². The van der Waals surface area contributed by atoms with Crippen LogP contribution in [0, 0.1) is 0 Å². The molecule has 0 atom stereocenters. The van der Waals surface area contributed by atoms with Gasteiger partial charge in [-0.3, -0.25) is 0 Å². The number of esters is 2. The second-order valence-electron chi connectivity index (χ2n) is 3.80. The van der Waals surface area contributed by atoms with Gasteiger partial charge in [0, 0.05) is 0 Å². The first kappa shape index (κ1) is 14.9. The fraction of sp³-hybridized carbons (Fsp3) is 0. The van der Waals surface area contributed by atoms with Crippen molar-refractivity contribution in [3.05, 3.63) is 68.7 Å². The molecule has 0 aliphatic carbocycles. The van der Waals surface area contributed by atoms with Crippen molar-refractivity contribution in [2.45, 2.75) is 0 Å². The van der Waals surface area contributed by atoms with Gasteiger partial charge < -0.3 is 4.74 Å². The van der Waals surface area contributed by atoms with Gasteiger partial charge >= 0.3 is 11.9 Å². The molecule has 6 heteroatoms. The van der Waals surface area contributed by atoms with E-state index in [1.54, 1.807) is 18.2 Å². The van der Waals surface area contributed by atoms with E-state index in [2.05, 4.69) is 0 Å². The minimum Gasteiger partial charge on any atom is -0.386 e. The molecule has 0 saturated heterocycles. The summed E-state index contributed by atoms with van der Waals surface area (Å²) < 4.78 is 4.73. The largest absolute Gasteiger partial charge is 0.386 e. The predicted octanol–water partition coefficient (Wildman–Crippen LogP) is 4.64. The predicted molar refractivity (Wildman–Crippen MR) is 77.7 cm³/mol. The summed E-state index contributed by atoms with van der Waals surface area (Å²) in [5.41, 5.74) is 0.320. The summed E-state index contributed by atoms with van der Waals surface area (Å²) in [7, 11) is 0. The molecule has 20 heavy (non-hydrogen) atoms. The summed E-state index contributed by atoms with van der Waals surface area (Å²) in [5, 5.41) is 0.357. The van der Waals surface area contributed by atoms with Gasteiger partial charge in [-0.2, -0.15) is 0 Å². The number of ether oxygens (including phenoxy) is 1. The van der Waals surface area contributed by atoms with Gasteiger partial charge in [0.15, 0.2) is 0 Å². The SMILES string of the molecule is O=C(OC(=O)c1cc(Cl)c(Cl)c(Cl)c1)c1ccccc1. The molecule has 0 aromatic heterocycles. The Morgan fingerprint density at radius 1 is 0.800 bits per heavy atom. The van der Waals surface area contributed by atoms with E-state index >= 15 is 0 Å². The molecule has 0 spiro atoms. The number of carbonyl (C=O) groups excluding carboxylic acids is 2. The van der Waals surface area contributed by atoms with Crippen molar-refractivity contribution in [2.75, 3.05) is 0 Å². The Balaban J connectivity index is 2.19. The first-order valence-electron chi connectivity index (χ1n) is 5.45. The van der Waals surface area contributed by atoms with Crippen molar-refractivity contribution in [3.63, 3.8) is 0 Å². The molecule has 0 amide bonds. The summed E-state index contributed by atoms with van der Waals surface area (Å²) in [4.78, 5) is 23.6. The van der Waals surface area contributed by atoms with E-state index in [4.69, 9.17) is 39.5 Å². The number of hydrogen-bond acceptors (Lipinski definition) is 3. The molecule has 0 N–H and O–H groups in total. The lowest BCUT2D eigenvalue weighted by Crippen LogP contribution is -2.12. The second kappa shape index (κ2) is 6.27. The van der Waals surface area contributed by atoms with E-state index < -0.39 is 11.9 Å². The van der Waals surface area contributed by atoms with E-state index in [0.29, 0.717) is 0 Å². The van der Waals surface area contributed by atoms with Gasteiger partial charge in [0.25, 0.3) is 0 Å². The van der Waals surface area contributed by atoms with Crippen LogP contribution in [0.15, 0.2) is 42.5 Å². The molecule has 2 aromatic carbocycles. The first-order chi connectivity index (χ1) is 9.49. The number of rotatable bonds is 2. The van der Waals surface area contributed by atoms with Gasteiger partial charge in [-0.25, -0.2) is 9.59 Å². The quantitative estimate of drug-likeness (QED) is 0.458. The van der Waals surface area contributed by atoms with Crippen LogP contribution in [0.1, 0.15) is 20.7 Å². The molecule has 0 aliphatic heterocycles. The Hall–Kier alpha value is -1.55. The lowest BCUT2D eigenvalue weighted by molar-refractivity contribution is 0.0398. The summed E-state index contributed by atoms with van der Waals surface area (Å²) in [5.74, 6) is -1.60. The van der Waals surface area contributed by atoms with Crippen molar-refractivity contribution in [1.29, 1.82) is 0 Å². The average molecular weight is 330 g/mol. The third-order valence-corrected chi connectivity index (χ3v) is 3.61. The molecule has 3 nitrogen and oxygen atoms in total. The van der Waals surface area contributed by atoms with E-state index in [1.807, 2.05) is 0 Å². The van der Waals surface area contributed by atoms with Crippen LogP contribution < -0.4 is 0 Å². The standard InChI is InChI=1S/C14H7Cl3O3/c15-10-6-9(7-11(16)12(10)17)14(19)20-13(18)8-4-2-1-3-5-8/h1-7H. The monoisotopic (exact) mass is 328 g/mol. The van der Waals surface area contributed by atoms with E-state index in [0.717, 1.165) is 0 Å². The fourth-order valence-corrected chi connectivity index (χ4v) is 2.05.